The quantitative estimate of drug-likeness (QED) is 0.335. The van der Waals surface area contributed by atoms with Gasteiger partial charge in [-0.25, -0.2) is 14.0 Å². The van der Waals surface area contributed by atoms with Crippen LogP contribution in [0.2, 0.25) is 0 Å². The van der Waals surface area contributed by atoms with Gasteiger partial charge in [-0.05, 0) is 6.42 Å². The number of carboxylic acids is 1. The number of aromatic carboxylic acids is 1. The van der Waals surface area contributed by atoms with Crippen molar-refractivity contribution < 1.29 is 28.7 Å². The van der Waals surface area contributed by atoms with Gasteiger partial charge in [-0.3, -0.25) is 10.1 Å². The monoisotopic (exact) mass is 342 g/mol. The highest BCUT2D eigenvalue weighted by atomic mass is 19.1. The number of carbonyl (C=O) groups excluding carboxylic acids is 1. The topological polar surface area (TPSA) is 110 Å². The number of hydrogen-bond donors (Lipinski definition) is 1. The van der Waals surface area contributed by atoms with Gasteiger partial charge in [0.1, 0.15) is 0 Å². The van der Waals surface area contributed by atoms with E-state index in [1.54, 1.807) is 0 Å². The molecular formula is C15H19FN2O6. The van der Waals surface area contributed by atoms with Crippen molar-refractivity contribution in [3.8, 4) is 5.75 Å². The summed E-state index contributed by atoms with van der Waals surface area (Å²) >= 11 is 0. The number of halogens is 1. The molecule has 132 valence electrons. The maximum Gasteiger partial charge on any atom is 0.346 e. The second-order valence-electron chi connectivity index (χ2n) is 5.32. The van der Waals surface area contributed by atoms with Crippen molar-refractivity contribution in [1.29, 1.82) is 0 Å². The molecule has 0 heterocycles. The summed E-state index contributed by atoms with van der Waals surface area (Å²) in [5, 5.41) is 20.3. The first-order valence-corrected chi connectivity index (χ1v) is 7.27. The van der Waals surface area contributed by atoms with E-state index in [-0.39, 0.29) is 17.7 Å². The molecule has 1 atom stereocenters. The third-order valence-electron chi connectivity index (χ3n) is 3.26. The molecule has 24 heavy (non-hydrogen) atoms. The third-order valence-corrected chi connectivity index (χ3v) is 3.26. The van der Waals surface area contributed by atoms with Crippen LogP contribution in [0.25, 0.3) is 0 Å². The number of esters is 1. The predicted molar refractivity (Wildman–Crippen MR) is 84.4 cm³/mol. The Morgan fingerprint density at radius 1 is 1.42 bits per heavy atom. The smallest absolute Gasteiger partial charge is 0.346 e. The Bertz CT molecular complexity index is 647. The Kier molecular flexibility index (Phi) is 6.63. The van der Waals surface area contributed by atoms with Crippen LogP contribution in [0.4, 0.5) is 15.8 Å². The summed E-state index contributed by atoms with van der Waals surface area (Å²) in [6.45, 7) is 1.83. The zero-order valence-corrected chi connectivity index (χ0v) is 13.6. The Balaban J connectivity index is 3.25. The largest absolute Gasteiger partial charge is 0.478 e. The van der Waals surface area contributed by atoms with Crippen molar-refractivity contribution in [3.63, 3.8) is 0 Å². The lowest BCUT2D eigenvalue weighted by Crippen LogP contribution is -2.23. The molecule has 0 fully saturated rings. The SMILES string of the molecule is CCCCC(F)C(=O)Oc1cc(N(C)C)c(C(=O)O)cc1[N+](=O)[O-]. The third kappa shape index (κ3) is 4.64. The van der Waals surface area contributed by atoms with E-state index in [2.05, 4.69) is 0 Å². The number of nitro benzene ring substituents is 1. The summed E-state index contributed by atoms with van der Waals surface area (Å²) in [5.74, 6) is -3.09. The highest BCUT2D eigenvalue weighted by Gasteiger charge is 2.27. The molecule has 1 rings (SSSR count). The van der Waals surface area contributed by atoms with Crippen molar-refractivity contribution in [2.45, 2.75) is 32.4 Å². The number of hydrogen-bond acceptors (Lipinski definition) is 6. The second-order valence-corrected chi connectivity index (χ2v) is 5.32. The van der Waals surface area contributed by atoms with Crippen LogP contribution in [0.1, 0.15) is 36.5 Å². The molecule has 1 aromatic carbocycles. The molecule has 0 saturated heterocycles. The summed E-state index contributed by atoms with van der Waals surface area (Å²) in [4.78, 5) is 34.6. The number of ether oxygens (including phenoxy) is 1. The summed E-state index contributed by atoms with van der Waals surface area (Å²) in [5.41, 5.74) is -0.941. The van der Waals surface area contributed by atoms with Crippen molar-refractivity contribution in [1.82, 2.24) is 0 Å². The van der Waals surface area contributed by atoms with Gasteiger partial charge in [0.2, 0.25) is 5.75 Å². The van der Waals surface area contributed by atoms with Crippen LogP contribution in [0, 0.1) is 10.1 Å². The Morgan fingerprint density at radius 2 is 2.04 bits per heavy atom. The number of benzene rings is 1. The molecule has 0 aliphatic carbocycles. The minimum Gasteiger partial charge on any atom is -0.478 e. The molecule has 0 saturated carbocycles. The first-order valence-electron chi connectivity index (χ1n) is 7.27. The average molecular weight is 342 g/mol. The normalized spacial score (nSPS) is 11.7. The van der Waals surface area contributed by atoms with E-state index in [4.69, 9.17) is 9.84 Å². The van der Waals surface area contributed by atoms with Gasteiger partial charge >= 0.3 is 17.6 Å². The lowest BCUT2D eigenvalue weighted by atomic mass is 10.1. The van der Waals surface area contributed by atoms with Crippen molar-refractivity contribution in [2.75, 3.05) is 19.0 Å². The number of nitrogens with zero attached hydrogens (tertiary/aromatic N) is 2. The second kappa shape index (κ2) is 8.23. The van der Waals surface area contributed by atoms with Crippen LogP contribution in [0.5, 0.6) is 5.75 Å². The molecule has 0 radical (unpaired) electrons. The van der Waals surface area contributed by atoms with Crippen molar-refractivity contribution in [2.24, 2.45) is 0 Å². The van der Waals surface area contributed by atoms with Gasteiger partial charge in [0.15, 0.2) is 6.17 Å². The number of unbranched alkanes of at least 4 members (excludes halogenated alkanes) is 1. The molecule has 0 aliphatic rings. The van der Waals surface area contributed by atoms with Gasteiger partial charge < -0.3 is 14.7 Å². The molecule has 0 aliphatic heterocycles. The number of anilines is 1. The fourth-order valence-corrected chi connectivity index (χ4v) is 2.00. The molecule has 0 aromatic heterocycles. The van der Waals surface area contributed by atoms with Gasteiger partial charge in [-0.15, -0.1) is 0 Å². The molecule has 1 N–H and O–H groups in total. The van der Waals surface area contributed by atoms with E-state index in [9.17, 15) is 24.1 Å². The Morgan fingerprint density at radius 3 is 2.50 bits per heavy atom. The minimum absolute atomic E-state index is 0.0448. The minimum atomic E-state index is -1.90. The fraction of sp³-hybridized carbons (Fsp3) is 0.467. The van der Waals surface area contributed by atoms with Gasteiger partial charge in [-0.2, -0.15) is 0 Å². The first kappa shape index (κ1) is 19.3. The molecule has 1 unspecified atom stereocenters. The average Bonchev–Trinajstić information content (AvgIpc) is 2.51. The molecule has 0 bridgehead atoms. The number of carbonyl (C=O) groups is 2. The predicted octanol–water partition coefficient (Wildman–Crippen LogP) is 2.79. The van der Waals surface area contributed by atoms with E-state index < -0.39 is 34.5 Å². The molecular weight excluding hydrogens is 323 g/mol. The molecule has 0 amide bonds. The Labute approximate surface area is 138 Å². The van der Waals surface area contributed by atoms with Gasteiger partial charge in [0, 0.05) is 26.2 Å². The molecule has 8 nitrogen and oxygen atoms in total. The number of carboxylic acid groups (broad SMARTS) is 1. The Hall–Kier alpha value is -2.71. The lowest BCUT2D eigenvalue weighted by molar-refractivity contribution is -0.385. The van der Waals surface area contributed by atoms with Crippen LogP contribution in [0.15, 0.2) is 12.1 Å². The summed E-state index contributed by atoms with van der Waals surface area (Å²) in [6, 6.07) is 1.84. The van der Waals surface area contributed by atoms with E-state index in [1.165, 1.54) is 19.0 Å². The van der Waals surface area contributed by atoms with Crippen LogP contribution in [-0.2, 0) is 4.79 Å². The highest BCUT2D eigenvalue weighted by molar-refractivity contribution is 5.96. The zero-order chi connectivity index (χ0) is 18.4. The van der Waals surface area contributed by atoms with Crippen LogP contribution >= 0.6 is 0 Å². The fourth-order valence-electron chi connectivity index (χ4n) is 2.00. The molecule has 1 aromatic rings. The zero-order valence-electron chi connectivity index (χ0n) is 13.6. The van der Waals surface area contributed by atoms with Crippen molar-refractivity contribution >= 4 is 23.3 Å². The van der Waals surface area contributed by atoms with Crippen LogP contribution in [0.3, 0.4) is 0 Å². The van der Waals surface area contributed by atoms with Gasteiger partial charge in [0.05, 0.1) is 16.2 Å². The maximum absolute atomic E-state index is 13.7. The molecule has 0 spiro atoms. The van der Waals surface area contributed by atoms with E-state index in [1.807, 2.05) is 6.92 Å². The van der Waals surface area contributed by atoms with Crippen molar-refractivity contribution in [3.05, 3.63) is 27.8 Å². The lowest BCUT2D eigenvalue weighted by Gasteiger charge is -2.17. The standard InChI is InChI=1S/C15H19FN2O6/c1-4-5-6-10(16)15(21)24-13-8-11(17(2)3)9(14(19)20)7-12(13)18(22)23/h7-8,10H,4-6H2,1-3H3,(H,19,20). The first-order chi connectivity index (χ1) is 11.2. The van der Waals surface area contributed by atoms with Crippen LogP contribution in [-0.4, -0.2) is 42.2 Å². The summed E-state index contributed by atoms with van der Waals surface area (Å²) < 4.78 is 18.5. The van der Waals surface area contributed by atoms with E-state index in [0.717, 1.165) is 12.1 Å². The van der Waals surface area contributed by atoms with Gasteiger partial charge in [0.25, 0.3) is 0 Å². The highest BCUT2D eigenvalue weighted by Crippen LogP contribution is 2.35. The number of nitro groups is 1. The number of alkyl halides is 1. The number of rotatable bonds is 8. The molecule has 9 heteroatoms. The van der Waals surface area contributed by atoms with Gasteiger partial charge in [-0.1, -0.05) is 19.8 Å². The maximum atomic E-state index is 13.7. The van der Waals surface area contributed by atoms with Crippen LogP contribution < -0.4 is 9.64 Å². The summed E-state index contributed by atoms with van der Waals surface area (Å²) in [6.07, 6.45) is -0.784. The summed E-state index contributed by atoms with van der Waals surface area (Å²) in [7, 11) is 3.05. The van der Waals surface area contributed by atoms with E-state index in [0.29, 0.717) is 12.8 Å². The van der Waals surface area contributed by atoms with E-state index >= 15 is 0 Å².